The third-order valence-corrected chi connectivity index (χ3v) is 10.2. The molecule has 19 heteroatoms. The topological polar surface area (TPSA) is 308 Å². The molecular formula is C38H48O19. The maximum Gasteiger partial charge on any atom is 0.239 e. The van der Waals surface area contributed by atoms with E-state index in [0.29, 0.717) is 0 Å². The number of rotatable bonds is 10. The number of fused-ring (bicyclic) bond motifs is 1. The van der Waals surface area contributed by atoms with Crippen LogP contribution in [0.2, 0.25) is 0 Å². The van der Waals surface area contributed by atoms with Crippen LogP contribution in [0, 0.1) is 0 Å². The Labute approximate surface area is 324 Å². The summed E-state index contributed by atoms with van der Waals surface area (Å²) in [5.74, 6) is -1.96. The lowest BCUT2D eigenvalue weighted by atomic mass is 9.98. The molecule has 0 aliphatic carbocycles. The van der Waals surface area contributed by atoms with Crippen molar-refractivity contribution in [1.29, 1.82) is 0 Å². The smallest absolute Gasteiger partial charge is 0.239 e. The van der Waals surface area contributed by atoms with Gasteiger partial charge in [-0.3, -0.25) is 4.79 Å². The monoisotopic (exact) mass is 808 g/mol. The van der Waals surface area contributed by atoms with Crippen LogP contribution in [0.15, 0.2) is 51.2 Å². The molecule has 0 saturated carbocycles. The van der Waals surface area contributed by atoms with Crippen LogP contribution >= 0.6 is 0 Å². The van der Waals surface area contributed by atoms with Crippen molar-refractivity contribution in [2.75, 3.05) is 6.61 Å². The molecule has 3 aliphatic rings. The van der Waals surface area contributed by atoms with Crippen LogP contribution in [-0.2, 0) is 25.4 Å². The van der Waals surface area contributed by atoms with E-state index in [1.54, 1.807) is 19.9 Å². The van der Waals surface area contributed by atoms with Gasteiger partial charge in [0.1, 0.15) is 83.2 Å². The molecule has 2 aromatic carbocycles. The molecule has 0 radical (unpaired) electrons. The van der Waals surface area contributed by atoms with Gasteiger partial charge in [0, 0.05) is 17.2 Å². The lowest BCUT2D eigenvalue weighted by Crippen LogP contribution is -2.63. The molecule has 0 amide bonds. The fraction of sp³-hybridized carbons (Fsp3) is 0.553. The third-order valence-electron chi connectivity index (χ3n) is 10.2. The van der Waals surface area contributed by atoms with Gasteiger partial charge in [-0.1, -0.05) is 11.6 Å². The van der Waals surface area contributed by atoms with Crippen LogP contribution in [0.25, 0.3) is 22.3 Å². The molecule has 3 aliphatic heterocycles. The number of phenols is 2. The van der Waals surface area contributed by atoms with Gasteiger partial charge >= 0.3 is 0 Å². The van der Waals surface area contributed by atoms with Gasteiger partial charge in [-0.05, 0) is 58.4 Å². The minimum absolute atomic E-state index is 0.00401. The van der Waals surface area contributed by atoms with Gasteiger partial charge in [-0.25, -0.2) is 0 Å². The molecule has 57 heavy (non-hydrogen) atoms. The van der Waals surface area contributed by atoms with Gasteiger partial charge in [-0.15, -0.1) is 0 Å². The Kier molecular flexibility index (Phi) is 12.8. The Morgan fingerprint density at radius 1 is 0.737 bits per heavy atom. The van der Waals surface area contributed by atoms with Gasteiger partial charge in [0.15, 0.2) is 18.2 Å². The number of benzene rings is 2. The zero-order valence-electron chi connectivity index (χ0n) is 31.2. The van der Waals surface area contributed by atoms with Crippen molar-refractivity contribution in [3.8, 4) is 34.3 Å². The first-order valence-corrected chi connectivity index (χ1v) is 18.2. The van der Waals surface area contributed by atoms with Crippen molar-refractivity contribution >= 4 is 11.0 Å². The minimum atomic E-state index is -1.84. The molecule has 0 unspecified atom stereocenters. The van der Waals surface area contributed by atoms with E-state index in [1.807, 2.05) is 0 Å². The van der Waals surface area contributed by atoms with Crippen molar-refractivity contribution in [2.24, 2.45) is 0 Å². The predicted octanol–water partition coefficient (Wildman–Crippen LogP) is -1.38. The second-order valence-corrected chi connectivity index (χ2v) is 14.6. The predicted molar refractivity (Wildman–Crippen MR) is 193 cm³/mol. The number of ether oxygens (including phenoxy) is 6. The zero-order valence-corrected chi connectivity index (χ0v) is 31.2. The molecule has 15 atom stereocenters. The highest BCUT2D eigenvalue weighted by Crippen LogP contribution is 2.42. The van der Waals surface area contributed by atoms with Crippen LogP contribution < -0.4 is 14.9 Å². The second kappa shape index (κ2) is 17.1. The number of phenolic OH excluding ortho intramolecular Hbond substituents is 2. The molecule has 3 aromatic rings. The molecule has 3 fully saturated rings. The van der Waals surface area contributed by atoms with Gasteiger partial charge < -0.3 is 89.0 Å². The Morgan fingerprint density at radius 3 is 1.96 bits per heavy atom. The highest BCUT2D eigenvalue weighted by atomic mass is 16.8. The molecule has 314 valence electrons. The normalized spacial score (nSPS) is 35.8. The van der Waals surface area contributed by atoms with Crippen molar-refractivity contribution in [1.82, 2.24) is 0 Å². The first-order valence-electron chi connectivity index (χ1n) is 18.2. The number of aromatic hydroxyl groups is 2. The van der Waals surface area contributed by atoms with Gasteiger partial charge in [-0.2, -0.15) is 0 Å². The highest BCUT2D eigenvalue weighted by molar-refractivity contribution is 5.91. The van der Waals surface area contributed by atoms with Gasteiger partial charge in [0.25, 0.3) is 0 Å². The van der Waals surface area contributed by atoms with Crippen molar-refractivity contribution in [3.05, 3.63) is 57.8 Å². The van der Waals surface area contributed by atoms with E-state index in [1.165, 1.54) is 38.1 Å². The Hall–Kier alpha value is -3.93. The van der Waals surface area contributed by atoms with Crippen molar-refractivity contribution in [3.63, 3.8) is 0 Å². The van der Waals surface area contributed by atoms with E-state index in [9.17, 15) is 61.0 Å². The van der Waals surface area contributed by atoms with E-state index in [-0.39, 0.29) is 40.4 Å². The van der Waals surface area contributed by atoms with Crippen LogP contribution in [0.3, 0.4) is 0 Å². The summed E-state index contributed by atoms with van der Waals surface area (Å²) in [5, 5.41) is 115. The summed E-state index contributed by atoms with van der Waals surface area (Å²) in [7, 11) is 0. The maximum atomic E-state index is 14.6. The highest BCUT2D eigenvalue weighted by Gasteiger charge is 2.51. The maximum absolute atomic E-state index is 14.6. The van der Waals surface area contributed by atoms with Crippen LogP contribution in [0.1, 0.15) is 33.3 Å². The molecule has 11 N–H and O–H groups in total. The lowest BCUT2D eigenvalue weighted by Gasteiger charge is -2.45. The largest absolute Gasteiger partial charge is 0.508 e. The molecule has 0 spiro atoms. The number of hydrogen-bond acceptors (Lipinski definition) is 19. The third kappa shape index (κ3) is 8.35. The van der Waals surface area contributed by atoms with E-state index < -0.39 is 121 Å². The lowest BCUT2D eigenvalue weighted by molar-refractivity contribution is -0.352. The SMILES string of the molecule is CC(C)=CCc1c(O[C@@H]2O[C@H](CO)[C@@H](O)[C@H](O)[C@H]2O)cc(O)c2c(=O)c(O[C@H]3O[C@@H](C)[C@H](O)[C@@H](O)[C@H]3O[C@H]3O[C@@H](C)[C@H](O)[C@@H](O)[C@H]3O)c(-c3ccc(O)cc3)oc12. The second-order valence-electron chi connectivity index (χ2n) is 14.6. The van der Waals surface area contributed by atoms with E-state index in [0.717, 1.165) is 11.6 Å². The standard InChI is InChI=1S/C38H48O19/c1-13(2)5-10-18-20(53-37-31(50)28(47)25(44)21(12-39)54-37)11-19(41)22-26(45)34(32(55-33(18)22)16-6-8-17(40)9-7-16)56-38-35(29(48)24(43)15(4)52-38)57-36-30(49)27(46)23(42)14(3)51-36/h5-9,11,14-15,21,23-25,27-31,35-44,46-50H,10,12H2,1-4H3/t14-,15-,21+,23-,24-,25+,27+,28-,29+,30+,31+,35+,36+,37+,38+/m0/s1. The average Bonchev–Trinajstić information content (AvgIpc) is 3.17. The fourth-order valence-electron chi connectivity index (χ4n) is 6.80. The average molecular weight is 809 g/mol. The Morgan fingerprint density at radius 2 is 1.33 bits per heavy atom. The van der Waals surface area contributed by atoms with E-state index in [2.05, 4.69) is 0 Å². The fourth-order valence-corrected chi connectivity index (χ4v) is 6.80. The Balaban J connectivity index is 1.50. The summed E-state index contributed by atoms with van der Waals surface area (Å²) in [5.41, 5.74) is -0.144. The molecule has 1 aromatic heterocycles. The van der Waals surface area contributed by atoms with Crippen LogP contribution in [0.5, 0.6) is 23.0 Å². The quantitative estimate of drug-likeness (QED) is 0.105. The van der Waals surface area contributed by atoms with Crippen molar-refractivity contribution < 1.29 is 89.0 Å². The molecule has 3 saturated heterocycles. The zero-order chi connectivity index (χ0) is 41.6. The number of hydrogen-bond donors (Lipinski definition) is 11. The first-order chi connectivity index (χ1) is 26.9. The summed E-state index contributed by atoms with van der Waals surface area (Å²) in [6.07, 6.45) is -22.4. The van der Waals surface area contributed by atoms with E-state index in [4.69, 9.17) is 32.8 Å². The summed E-state index contributed by atoms with van der Waals surface area (Å²) >= 11 is 0. The van der Waals surface area contributed by atoms with Crippen molar-refractivity contribution in [2.45, 2.75) is 126 Å². The number of allylic oxidation sites excluding steroid dienone is 2. The molecule has 19 nitrogen and oxygen atoms in total. The molecule has 4 heterocycles. The van der Waals surface area contributed by atoms with Crippen LogP contribution in [-0.4, -0.2) is 155 Å². The summed E-state index contributed by atoms with van der Waals surface area (Å²) in [6.45, 7) is 5.64. The molecular weight excluding hydrogens is 760 g/mol. The Bertz CT molecular complexity index is 1960. The molecule has 0 bridgehead atoms. The summed E-state index contributed by atoms with van der Waals surface area (Å²) in [4.78, 5) is 14.6. The van der Waals surface area contributed by atoms with Crippen LogP contribution in [0.4, 0.5) is 0 Å². The van der Waals surface area contributed by atoms with E-state index >= 15 is 0 Å². The number of aliphatic hydroxyl groups excluding tert-OH is 9. The first kappa shape index (κ1) is 42.7. The number of aliphatic hydroxyl groups is 9. The van der Waals surface area contributed by atoms with Gasteiger partial charge in [0.2, 0.25) is 23.8 Å². The molecule has 6 rings (SSSR count). The van der Waals surface area contributed by atoms with Gasteiger partial charge in [0.05, 0.1) is 18.8 Å². The summed E-state index contributed by atoms with van der Waals surface area (Å²) < 4.78 is 41.3. The minimum Gasteiger partial charge on any atom is -0.508 e. The summed E-state index contributed by atoms with van der Waals surface area (Å²) in [6, 6.07) is 6.38.